The molecule has 0 spiro atoms. The summed E-state index contributed by atoms with van der Waals surface area (Å²) < 4.78 is 8.99. The standard InChI is InChI=1S/C58H36N2O/c1-2-12-37(13-3-1)52-35-42(28-33-54(52)60-53-20-10-8-19-50(53)58-45-17-7-5-15-39(45)25-32-55(58)60)59(43-27-31-49-48-18-9-11-21-56(48)61-57(49)36-43)41-26-22-40-24-29-46-44-16-6-4-14-38(44)23-30-47(46)51(40)34-41/h1-36H. The molecule has 0 fully saturated rings. The number of rotatable bonds is 5. The number of fused-ring (bicyclic) bond motifs is 13. The molecule has 0 aliphatic rings. The van der Waals surface area contributed by atoms with Crippen LogP contribution in [0.2, 0.25) is 0 Å². The fraction of sp³-hybridized carbons (Fsp3) is 0. The molecule has 0 aliphatic heterocycles. The predicted molar refractivity (Wildman–Crippen MR) is 258 cm³/mol. The summed E-state index contributed by atoms with van der Waals surface area (Å²) in [4.78, 5) is 2.39. The summed E-state index contributed by atoms with van der Waals surface area (Å²) in [6.45, 7) is 0. The van der Waals surface area contributed by atoms with Crippen LogP contribution < -0.4 is 4.90 Å². The summed E-state index contributed by atoms with van der Waals surface area (Å²) >= 11 is 0. The summed E-state index contributed by atoms with van der Waals surface area (Å²) in [6, 6.07) is 79.4. The first-order chi connectivity index (χ1) is 30.2. The highest BCUT2D eigenvalue weighted by Crippen LogP contribution is 2.45. The second kappa shape index (κ2) is 13.2. The predicted octanol–water partition coefficient (Wildman–Crippen LogP) is 16.4. The first kappa shape index (κ1) is 33.8. The summed E-state index contributed by atoms with van der Waals surface area (Å²) in [5.74, 6) is 0. The molecular formula is C58H36N2O. The zero-order valence-corrected chi connectivity index (χ0v) is 33.1. The molecule has 13 rings (SSSR count). The van der Waals surface area contributed by atoms with E-state index in [-0.39, 0.29) is 0 Å². The van der Waals surface area contributed by atoms with Crippen LogP contribution >= 0.6 is 0 Å². The number of hydrogen-bond acceptors (Lipinski definition) is 2. The highest BCUT2D eigenvalue weighted by atomic mass is 16.3. The highest BCUT2D eigenvalue weighted by molar-refractivity contribution is 6.22. The zero-order chi connectivity index (χ0) is 40.0. The lowest BCUT2D eigenvalue weighted by molar-refractivity contribution is 0.669. The first-order valence-electron chi connectivity index (χ1n) is 20.9. The van der Waals surface area contributed by atoms with Gasteiger partial charge in [0.25, 0.3) is 0 Å². The largest absolute Gasteiger partial charge is 0.456 e. The molecule has 0 amide bonds. The maximum absolute atomic E-state index is 6.53. The Hall–Kier alpha value is -8.14. The van der Waals surface area contributed by atoms with Crippen molar-refractivity contribution in [2.75, 3.05) is 4.90 Å². The summed E-state index contributed by atoms with van der Waals surface area (Å²) in [5.41, 5.74) is 10.7. The Bertz CT molecular complexity index is 3890. The lowest BCUT2D eigenvalue weighted by Gasteiger charge is -2.27. The Balaban J connectivity index is 1.08. The van der Waals surface area contributed by atoms with Crippen molar-refractivity contribution in [1.29, 1.82) is 0 Å². The third-order valence-corrected chi connectivity index (χ3v) is 12.7. The molecule has 0 radical (unpaired) electrons. The number of aromatic nitrogens is 1. The normalized spacial score (nSPS) is 11.9. The third-order valence-electron chi connectivity index (χ3n) is 12.7. The van der Waals surface area contributed by atoms with Crippen LogP contribution in [0.4, 0.5) is 17.1 Å². The summed E-state index contributed by atoms with van der Waals surface area (Å²) in [5, 5.41) is 14.7. The molecule has 0 atom stereocenters. The Morgan fingerprint density at radius 3 is 1.74 bits per heavy atom. The van der Waals surface area contributed by atoms with Crippen molar-refractivity contribution < 1.29 is 4.42 Å². The van der Waals surface area contributed by atoms with Crippen LogP contribution in [0.15, 0.2) is 223 Å². The van der Waals surface area contributed by atoms with Crippen LogP contribution in [0.3, 0.4) is 0 Å². The second-order valence-electron chi connectivity index (χ2n) is 16.1. The van der Waals surface area contributed by atoms with Gasteiger partial charge in [0, 0.05) is 50.2 Å². The van der Waals surface area contributed by atoms with E-state index in [1.54, 1.807) is 0 Å². The molecule has 2 aromatic heterocycles. The van der Waals surface area contributed by atoms with E-state index >= 15 is 0 Å². The Morgan fingerprint density at radius 2 is 0.885 bits per heavy atom. The minimum Gasteiger partial charge on any atom is -0.456 e. The van der Waals surface area contributed by atoms with Gasteiger partial charge in [0.05, 0.1) is 16.7 Å². The van der Waals surface area contributed by atoms with Gasteiger partial charge in [0.1, 0.15) is 11.2 Å². The van der Waals surface area contributed by atoms with Crippen molar-refractivity contribution in [3.05, 3.63) is 218 Å². The highest BCUT2D eigenvalue weighted by Gasteiger charge is 2.22. The van der Waals surface area contributed by atoms with Gasteiger partial charge in [-0.15, -0.1) is 0 Å². The second-order valence-corrected chi connectivity index (χ2v) is 16.1. The molecule has 61 heavy (non-hydrogen) atoms. The number of nitrogens with zero attached hydrogens (tertiary/aromatic N) is 2. The molecule has 13 aromatic rings. The van der Waals surface area contributed by atoms with E-state index in [2.05, 4.69) is 216 Å². The minimum absolute atomic E-state index is 0.860. The van der Waals surface area contributed by atoms with Crippen LogP contribution in [0.5, 0.6) is 0 Å². The van der Waals surface area contributed by atoms with Crippen LogP contribution in [0, 0.1) is 0 Å². The van der Waals surface area contributed by atoms with E-state index in [1.807, 2.05) is 12.1 Å². The molecule has 0 saturated carbocycles. The van der Waals surface area contributed by atoms with Crippen molar-refractivity contribution in [3.8, 4) is 16.8 Å². The molecule has 0 bridgehead atoms. The molecule has 2 heterocycles. The van der Waals surface area contributed by atoms with E-state index in [4.69, 9.17) is 4.42 Å². The van der Waals surface area contributed by atoms with Gasteiger partial charge in [-0.05, 0) is 109 Å². The summed E-state index contributed by atoms with van der Waals surface area (Å²) in [6.07, 6.45) is 0. The molecule has 284 valence electrons. The first-order valence-corrected chi connectivity index (χ1v) is 20.9. The number of furan rings is 1. The molecular weight excluding hydrogens is 741 g/mol. The maximum atomic E-state index is 6.53. The average molecular weight is 777 g/mol. The Kier molecular flexibility index (Phi) is 7.31. The molecule has 0 unspecified atom stereocenters. The number of anilines is 3. The average Bonchev–Trinajstić information content (AvgIpc) is 3.87. The van der Waals surface area contributed by atoms with E-state index in [0.29, 0.717) is 0 Å². The van der Waals surface area contributed by atoms with Gasteiger partial charge in [-0.2, -0.15) is 0 Å². The number of benzene rings is 11. The van der Waals surface area contributed by atoms with Gasteiger partial charge in [0.2, 0.25) is 0 Å². The van der Waals surface area contributed by atoms with Crippen molar-refractivity contribution in [2.24, 2.45) is 0 Å². The third kappa shape index (κ3) is 5.17. The minimum atomic E-state index is 0.860. The van der Waals surface area contributed by atoms with Gasteiger partial charge in [-0.3, -0.25) is 0 Å². The lowest BCUT2D eigenvalue weighted by Crippen LogP contribution is -2.11. The van der Waals surface area contributed by atoms with Crippen molar-refractivity contribution in [3.63, 3.8) is 0 Å². The maximum Gasteiger partial charge on any atom is 0.137 e. The molecule has 3 nitrogen and oxygen atoms in total. The number of hydrogen-bond donors (Lipinski definition) is 0. The van der Waals surface area contributed by atoms with E-state index in [0.717, 1.165) is 55.8 Å². The van der Waals surface area contributed by atoms with Gasteiger partial charge < -0.3 is 13.9 Å². The van der Waals surface area contributed by atoms with Crippen LogP contribution in [0.1, 0.15) is 0 Å². The van der Waals surface area contributed by atoms with Crippen molar-refractivity contribution in [2.45, 2.75) is 0 Å². The van der Waals surface area contributed by atoms with Crippen LogP contribution in [0.25, 0.3) is 104 Å². The molecule has 11 aromatic carbocycles. The lowest BCUT2D eigenvalue weighted by atomic mass is 9.96. The Morgan fingerprint density at radius 1 is 0.328 bits per heavy atom. The smallest absolute Gasteiger partial charge is 0.137 e. The van der Waals surface area contributed by atoms with Crippen LogP contribution in [-0.2, 0) is 0 Å². The number of para-hydroxylation sites is 2. The Labute approximate surface area is 351 Å². The van der Waals surface area contributed by atoms with Gasteiger partial charge in [-0.25, -0.2) is 0 Å². The van der Waals surface area contributed by atoms with E-state index in [9.17, 15) is 0 Å². The van der Waals surface area contributed by atoms with Gasteiger partial charge >= 0.3 is 0 Å². The monoisotopic (exact) mass is 776 g/mol. The van der Waals surface area contributed by atoms with Gasteiger partial charge in [-0.1, -0.05) is 152 Å². The molecule has 0 aliphatic carbocycles. The quantitative estimate of drug-likeness (QED) is 0.162. The molecule has 0 N–H and O–H groups in total. The molecule has 3 heteroatoms. The fourth-order valence-electron chi connectivity index (χ4n) is 9.95. The van der Waals surface area contributed by atoms with E-state index < -0.39 is 0 Å². The van der Waals surface area contributed by atoms with Gasteiger partial charge in [0.15, 0.2) is 0 Å². The molecule has 0 saturated heterocycles. The fourth-order valence-corrected chi connectivity index (χ4v) is 9.95. The zero-order valence-electron chi connectivity index (χ0n) is 33.1. The SMILES string of the molecule is c1ccc(-c2cc(N(c3ccc4c(c3)oc3ccccc34)c3ccc4ccc5c6ccccc6ccc5c4c3)ccc2-n2c3ccccc3c3c4ccccc4ccc32)cc1. The van der Waals surface area contributed by atoms with Crippen molar-refractivity contribution >= 4 is 104 Å². The summed E-state index contributed by atoms with van der Waals surface area (Å²) in [7, 11) is 0. The topological polar surface area (TPSA) is 21.3 Å². The van der Waals surface area contributed by atoms with Crippen molar-refractivity contribution in [1.82, 2.24) is 4.57 Å². The van der Waals surface area contributed by atoms with E-state index in [1.165, 1.54) is 64.9 Å². The van der Waals surface area contributed by atoms with Crippen LogP contribution in [-0.4, -0.2) is 4.57 Å².